The van der Waals surface area contributed by atoms with Gasteiger partial charge in [0.2, 0.25) is 5.75 Å². The minimum Gasteiger partial charge on any atom is -0.493 e. The molecule has 0 saturated heterocycles. The maximum atomic E-state index is 10.5. The number of ether oxygens (including phenoxy) is 3. The Morgan fingerprint density at radius 3 is 2.55 bits per heavy atom. The van der Waals surface area contributed by atoms with Crippen molar-refractivity contribution in [3.63, 3.8) is 0 Å². The predicted octanol–water partition coefficient (Wildman–Crippen LogP) is 1.77. The number of methoxy groups -OCH3 is 2. The second kappa shape index (κ2) is 4.82. The molecule has 1 aromatic carbocycles. The number of fused-ring (bicyclic) bond motifs is 1. The fourth-order valence-electron chi connectivity index (χ4n) is 3.41. The van der Waals surface area contributed by atoms with Crippen LogP contribution in [0.25, 0.3) is 0 Å². The number of hydrogen-bond donors (Lipinski definition) is 2. The van der Waals surface area contributed by atoms with Gasteiger partial charge < -0.3 is 25.1 Å². The minimum absolute atomic E-state index is 0.407. The van der Waals surface area contributed by atoms with Crippen molar-refractivity contribution in [3.05, 3.63) is 17.7 Å². The highest BCUT2D eigenvalue weighted by Crippen LogP contribution is 2.52. The van der Waals surface area contributed by atoms with Crippen LogP contribution in [0.5, 0.6) is 17.2 Å². The number of nitrogens with two attached hydrogens (primary N) is 1. The lowest BCUT2D eigenvalue weighted by atomic mass is 9.83. The summed E-state index contributed by atoms with van der Waals surface area (Å²) in [5.74, 6) is 1.70. The summed E-state index contributed by atoms with van der Waals surface area (Å²) in [7, 11) is 3.16. The van der Waals surface area contributed by atoms with E-state index in [4.69, 9.17) is 19.9 Å². The molecule has 0 bridgehead atoms. The van der Waals surface area contributed by atoms with Crippen molar-refractivity contribution in [2.75, 3.05) is 14.2 Å². The molecule has 2 aliphatic rings. The fraction of sp³-hybridized carbons (Fsp3) is 0.600. The monoisotopic (exact) mass is 279 g/mol. The zero-order chi connectivity index (χ0) is 14.3. The first kappa shape index (κ1) is 13.5. The van der Waals surface area contributed by atoms with E-state index in [0.717, 1.165) is 25.7 Å². The second-order valence-electron chi connectivity index (χ2n) is 5.56. The Labute approximate surface area is 118 Å². The number of rotatable bonds is 2. The summed E-state index contributed by atoms with van der Waals surface area (Å²) in [6, 6.07) is 3.16. The third-order valence-electron chi connectivity index (χ3n) is 4.55. The smallest absolute Gasteiger partial charge is 0.203 e. The molecule has 1 fully saturated rings. The van der Waals surface area contributed by atoms with E-state index >= 15 is 0 Å². The molecule has 2 atom stereocenters. The molecule has 0 radical (unpaired) electrons. The van der Waals surface area contributed by atoms with Gasteiger partial charge in [0.15, 0.2) is 11.5 Å². The van der Waals surface area contributed by atoms with Crippen LogP contribution in [0.1, 0.15) is 37.4 Å². The first-order chi connectivity index (χ1) is 9.63. The molecule has 2 unspecified atom stereocenters. The van der Waals surface area contributed by atoms with Crippen LogP contribution in [0.4, 0.5) is 0 Å². The molecule has 110 valence electrons. The molecule has 5 nitrogen and oxygen atoms in total. The summed E-state index contributed by atoms with van der Waals surface area (Å²) in [6.07, 6.45) is 3.14. The van der Waals surface area contributed by atoms with Crippen LogP contribution in [0, 0.1) is 0 Å². The van der Waals surface area contributed by atoms with Crippen molar-refractivity contribution in [1.29, 1.82) is 0 Å². The van der Waals surface area contributed by atoms with Gasteiger partial charge in [-0.25, -0.2) is 0 Å². The highest BCUT2D eigenvalue weighted by atomic mass is 16.5. The van der Waals surface area contributed by atoms with E-state index in [9.17, 15) is 5.11 Å². The third-order valence-corrected chi connectivity index (χ3v) is 4.55. The van der Waals surface area contributed by atoms with Gasteiger partial charge in [-0.1, -0.05) is 0 Å². The van der Waals surface area contributed by atoms with E-state index in [1.54, 1.807) is 26.4 Å². The van der Waals surface area contributed by atoms with E-state index in [1.807, 2.05) is 0 Å². The van der Waals surface area contributed by atoms with Crippen molar-refractivity contribution in [2.45, 2.75) is 43.4 Å². The van der Waals surface area contributed by atoms with E-state index in [-0.39, 0.29) is 0 Å². The molecule has 1 aliphatic carbocycles. The van der Waals surface area contributed by atoms with Crippen LogP contribution in [-0.2, 0) is 0 Å². The quantitative estimate of drug-likeness (QED) is 0.863. The average Bonchev–Trinajstić information content (AvgIpc) is 2.93. The lowest BCUT2D eigenvalue weighted by Crippen LogP contribution is -2.56. The Bertz CT molecular complexity index is 511. The van der Waals surface area contributed by atoms with Crippen LogP contribution in [0.3, 0.4) is 0 Å². The number of aliphatic hydroxyl groups is 1. The summed E-state index contributed by atoms with van der Waals surface area (Å²) in [4.78, 5) is 0. The highest BCUT2D eigenvalue weighted by molar-refractivity contribution is 5.58. The van der Waals surface area contributed by atoms with Crippen molar-refractivity contribution in [2.24, 2.45) is 5.73 Å². The summed E-state index contributed by atoms with van der Waals surface area (Å²) in [5.41, 5.74) is 6.44. The molecule has 3 N–H and O–H groups in total. The van der Waals surface area contributed by atoms with Gasteiger partial charge in [-0.05, 0) is 37.8 Å². The molecular weight excluding hydrogens is 258 g/mol. The standard InChI is InChI=1S/C15H21NO4/c1-18-10-6-5-9-11(17)14(16)15(7-3-4-8-15)20-12(9)13(10)19-2/h5-6,11,14,17H,3-4,7-8,16H2,1-2H3. The van der Waals surface area contributed by atoms with Gasteiger partial charge in [0.1, 0.15) is 11.7 Å². The maximum Gasteiger partial charge on any atom is 0.203 e. The number of benzene rings is 1. The van der Waals surface area contributed by atoms with Crippen molar-refractivity contribution in [1.82, 2.24) is 0 Å². The Hall–Kier alpha value is -1.46. The first-order valence-electron chi connectivity index (χ1n) is 7.00. The molecule has 0 amide bonds. The maximum absolute atomic E-state index is 10.5. The van der Waals surface area contributed by atoms with Gasteiger partial charge in [-0.2, -0.15) is 0 Å². The van der Waals surface area contributed by atoms with Crippen LogP contribution < -0.4 is 19.9 Å². The molecule has 0 aromatic heterocycles. The predicted molar refractivity (Wildman–Crippen MR) is 74.3 cm³/mol. The first-order valence-corrected chi connectivity index (χ1v) is 7.00. The third kappa shape index (κ3) is 1.77. The molecule has 5 heteroatoms. The van der Waals surface area contributed by atoms with Crippen molar-refractivity contribution >= 4 is 0 Å². The summed E-state index contributed by atoms with van der Waals surface area (Å²) >= 11 is 0. The summed E-state index contributed by atoms with van der Waals surface area (Å²) in [5, 5.41) is 10.5. The van der Waals surface area contributed by atoms with Crippen LogP contribution in [-0.4, -0.2) is 31.0 Å². The average molecular weight is 279 g/mol. The van der Waals surface area contributed by atoms with Gasteiger partial charge in [0.05, 0.1) is 20.3 Å². The van der Waals surface area contributed by atoms with Crippen LogP contribution in [0.2, 0.25) is 0 Å². The van der Waals surface area contributed by atoms with Gasteiger partial charge in [0, 0.05) is 5.56 Å². The Morgan fingerprint density at radius 1 is 1.25 bits per heavy atom. The molecule has 20 heavy (non-hydrogen) atoms. The fourth-order valence-corrected chi connectivity index (χ4v) is 3.41. The van der Waals surface area contributed by atoms with Crippen LogP contribution in [0.15, 0.2) is 12.1 Å². The van der Waals surface area contributed by atoms with Gasteiger partial charge in [0.25, 0.3) is 0 Å². The number of aliphatic hydroxyl groups excluding tert-OH is 1. The van der Waals surface area contributed by atoms with Gasteiger partial charge in [-0.3, -0.25) is 0 Å². The van der Waals surface area contributed by atoms with E-state index < -0.39 is 17.7 Å². The van der Waals surface area contributed by atoms with E-state index in [2.05, 4.69) is 0 Å². The molecule has 1 spiro atoms. The molecular formula is C15H21NO4. The Balaban J connectivity index is 2.12. The molecule has 1 aliphatic heterocycles. The van der Waals surface area contributed by atoms with Crippen LogP contribution >= 0.6 is 0 Å². The second-order valence-corrected chi connectivity index (χ2v) is 5.56. The van der Waals surface area contributed by atoms with Crippen molar-refractivity contribution < 1.29 is 19.3 Å². The normalized spacial score (nSPS) is 27.0. The van der Waals surface area contributed by atoms with Gasteiger partial charge in [-0.15, -0.1) is 0 Å². The molecule has 1 heterocycles. The molecule has 1 saturated carbocycles. The number of hydrogen-bond acceptors (Lipinski definition) is 5. The summed E-state index contributed by atoms with van der Waals surface area (Å²) in [6.45, 7) is 0. The lowest BCUT2D eigenvalue weighted by molar-refractivity contribution is -0.0335. The largest absolute Gasteiger partial charge is 0.493 e. The van der Waals surface area contributed by atoms with Gasteiger partial charge >= 0.3 is 0 Å². The Morgan fingerprint density at radius 2 is 1.95 bits per heavy atom. The van der Waals surface area contributed by atoms with E-state index in [1.165, 1.54) is 0 Å². The minimum atomic E-state index is -0.739. The Kier molecular flexibility index (Phi) is 3.26. The highest BCUT2D eigenvalue weighted by Gasteiger charge is 2.50. The topological polar surface area (TPSA) is 73.9 Å². The molecule has 3 rings (SSSR count). The van der Waals surface area contributed by atoms with E-state index in [0.29, 0.717) is 22.8 Å². The zero-order valence-corrected chi connectivity index (χ0v) is 11.9. The SMILES string of the molecule is COc1ccc2c(c1OC)OC1(CCCC1)C(N)C2O. The zero-order valence-electron chi connectivity index (χ0n) is 11.9. The van der Waals surface area contributed by atoms with Crippen molar-refractivity contribution in [3.8, 4) is 17.2 Å². The lowest BCUT2D eigenvalue weighted by Gasteiger charge is -2.43. The summed E-state index contributed by atoms with van der Waals surface area (Å²) < 4.78 is 17.0. The molecule has 1 aromatic rings.